The summed E-state index contributed by atoms with van der Waals surface area (Å²) in [5.74, 6) is -0.194. The molecule has 2 rings (SSSR count). The summed E-state index contributed by atoms with van der Waals surface area (Å²) < 4.78 is 0. The molecule has 1 aliphatic heterocycles. The van der Waals surface area contributed by atoms with Gasteiger partial charge in [0.25, 0.3) is 5.91 Å². The van der Waals surface area contributed by atoms with Gasteiger partial charge in [0, 0.05) is 0 Å². The van der Waals surface area contributed by atoms with Crippen molar-refractivity contribution in [3.63, 3.8) is 0 Å². The second kappa shape index (κ2) is 2.97. The lowest BCUT2D eigenvalue weighted by Crippen LogP contribution is -2.16. The Balaban J connectivity index is 2.22. The summed E-state index contributed by atoms with van der Waals surface area (Å²) in [5.41, 5.74) is 2.09. The van der Waals surface area contributed by atoms with Gasteiger partial charge in [-0.05, 0) is 19.1 Å². The summed E-state index contributed by atoms with van der Waals surface area (Å²) in [7, 11) is 0. The van der Waals surface area contributed by atoms with Crippen LogP contribution in [-0.4, -0.2) is 12.5 Å². The van der Waals surface area contributed by atoms with Crippen LogP contribution in [0.15, 0.2) is 34.6 Å². The molecule has 0 atom stereocenters. The molecule has 66 valence electrons. The van der Waals surface area contributed by atoms with Crippen LogP contribution in [0.4, 0.5) is 5.69 Å². The van der Waals surface area contributed by atoms with E-state index < -0.39 is 0 Å². The summed E-state index contributed by atoms with van der Waals surface area (Å²) in [6.07, 6.45) is 0. The number of hydrogen-bond acceptors (Lipinski definition) is 3. The molecule has 1 heterocycles. The van der Waals surface area contributed by atoms with E-state index in [4.69, 9.17) is 0 Å². The third-order valence-electron chi connectivity index (χ3n) is 1.88. The van der Waals surface area contributed by atoms with E-state index in [1.165, 1.54) is 5.56 Å². The second-order valence-corrected chi connectivity index (χ2v) is 2.98. The number of aryl methyl sites for hydroxylation is 1. The first-order chi connectivity index (χ1) is 6.25. The average molecular weight is 175 g/mol. The Kier molecular flexibility index (Phi) is 1.81. The van der Waals surface area contributed by atoms with Gasteiger partial charge in [-0.25, -0.2) is 5.01 Å². The first-order valence-electron chi connectivity index (χ1n) is 4.04. The lowest BCUT2D eigenvalue weighted by molar-refractivity contribution is -0.116. The van der Waals surface area contributed by atoms with Gasteiger partial charge in [-0.3, -0.25) is 4.79 Å². The number of carbonyl (C=O) groups excluding carboxylic acids is 1. The minimum atomic E-state index is -0.194. The van der Waals surface area contributed by atoms with Crippen molar-refractivity contribution in [2.24, 2.45) is 10.3 Å². The summed E-state index contributed by atoms with van der Waals surface area (Å²) in [6, 6.07) is 7.81. The van der Waals surface area contributed by atoms with Gasteiger partial charge in [-0.2, -0.15) is 0 Å². The fourth-order valence-electron chi connectivity index (χ4n) is 1.15. The number of amides is 1. The molecule has 0 aliphatic carbocycles. The first kappa shape index (κ1) is 7.91. The van der Waals surface area contributed by atoms with Crippen LogP contribution < -0.4 is 5.01 Å². The van der Waals surface area contributed by atoms with Crippen LogP contribution in [0.5, 0.6) is 0 Å². The number of rotatable bonds is 1. The molecule has 0 saturated heterocycles. The Hall–Kier alpha value is -1.71. The minimum Gasteiger partial charge on any atom is -0.269 e. The zero-order chi connectivity index (χ0) is 9.26. The smallest absolute Gasteiger partial charge is 0.269 e. The highest BCUT2D eigenvalue weighted by Crippen LogP contribution is 2.17. The topological polar surface area (TPSA) is 45.0 Å². The summed E-state index contributed by atoms with van der Waals surface area (Å²) in [6.45, 7) is 2.27. The Morgan fingerprint density at radius 1 is 1.31 bits per heavy atom. The van der Waals surface area contributed by atoms with E-state index in [1.54, 1.807) is 5.01 Å². The minimum absolute atomic E-state index is 0.194. The quantitative estimate of drug-likeness (QED) is 0.652. The van der Waals surface area contributed by atoms with Crippen molar-refractivity contribution in [1.82, 2.24) is 0 Å². The summed E-state index contributed by atoms with van der Waals surface area (Å²) >= 11 is 0. The first-order valence-corrected chi connectivity index (χ1v) is 4.04. The SMILES string of the molecule is Cc1ccc(N2CC(=O)N=N2)cc1. The maximum absolute atomic E-state index is 10.8. The molecule has 0 aromatic heterocycles. The van der Waals surface area contributed by atoms with Crippen molar-refractivity contribution in [2.45, 2.75) is 6.92 Å². The molecule has 4 heteroatoms. The zero-order valence-corrected chi connectivity index (χ0v) is 7.27. The monoisotopic (exact) mass is 175 g/mol. The van der Waals surface area contributed by atoms with Crippen LogP contribution in [0.25, 0.3) is 0 Å². The summed E-state index contributed by atoms with van der Waals surface area (Å²) in [4.78, 5) is 10.8. The van der Waals surface area contributed by atoms with Crippen molar-refractivity contribution in [2.75, 3.05) is 11.6 Å². The van der Waals surface area contributed by atoms with Gasteiger partial charge < -0.3 is 0 Å². The lowest BCUT2D eigenvalue weighted by atomic mass is 10.2. The number of hydrogen-bond donors (Lipinski definition) is 0. The van der Waals surface area contributed by atoms with E-state index in [1.807, 2.05) is 31.2 Å². The van der Waals surface area contributed by atoms with E-state index in [-0.39, 0.29) is 12.5 Å². The Morgan fingerprint density at radius 2 is 2.00 bits per heavy atom. The van der Waals surface area contributed by atoms with E-state index >= 15 is 0 Å². The van der Waals surface area contributed by atoms with Gasteiger partial charge in [0.15, 0.2) is 0 Å². The molecule has 13 heavy (non-hydrogen) atoms. The molecule has 1 aromatic rings. The zero-order valence-electron chi connectivity index (χ0n) is 7.27. The standard InChI is InChI=1S/C9H9N3O/c1-7-2-4-8(5-3-7)12-6-9(13)10-11-12/h2-5H,6H2,1H3. The molecule has 4 nitrogen and oxygen atoms in total. The number of nitrogens with zero attached hydrogens (tertiary/aromatic N) is 3. The maximum atomic E-state index is 10.8. The van der Waals surface area contributed by atoms with Crippen LogP contribution in [0.3, 0.4) is 0 Å². The van der Waals surface area contributed by atoms with Gasteiger partial charge >= 0.3 is 0 Å². The van der Waals surface area contributed by atoms with Gasteiger partial charge in [0.1, 0.15) is 6.54 Å². The Morgan fingerprint density at radius 3 is 2.54 bits per heavy atom. The van der Waals surface area contributed by atoms with Crippen molar-refractivity contribution >= 4 is 11.6 Å². The lowest BCUT2D eigenvalue weighted by Gasteiger charge is -2.09. The highest BCUT2D eigenvalue weighted by atomic mass is 16.2. The molecule has 1 aromatic carbocycles. The van der Waals surface area contributed by atoms with Gasteiger partial charge in [0.2, 0.25) is 0 Å². The molecular formula is C9H9N3O. The van der Waals surface area contributed by atoms with Crippen LogP contribution in [-0.2, 0) is 4.79 Å². The van der Waals surface area contributed by atoms with Crippen LogP contribution in [0.1, 0.15) is 5.56 Å². The third-order valence-corrected chi connectivity index (χ3v) is 1.88. The predicted octanol–water partition coefficient (Wildman–Crippen LogP) is 1.71. The highest BCUT2D eigenvalue weighted by molar-refractivity contribution is 5.83. The van der Waals surface area contributed by atoms with Crippen molar-refractivity contribution in [3.8, 4) is 0 Å². The fourth-order valence-corrected chi connectivity index (χ4v) is 1.15. The van der Waals surface area contributed by atoms with Crippen LogP contribution in [0.2, 0.25) is 0 Å². The number of carbonyl (C=O) groups is 1. The van der Waals surface area contributed by atoms with Crippen LogP contribution >= 0.6 is 0 Å². The van der Waals surface area contributed by atoms with E-state index in [0.717, 1.165) is 5.69 Å². The predicted molar refractivity (Wildman–Crippen MR) is 48.4 cm³/mol. The van der Waals surface area contributed by atoms with Gasteiger partial charge in [-0.15, -0.1) is 0 Å². The van der Waals surface area contributed by atoms with E-state index in [2.05, 4.69) is 10.3 Å². The molecule has 0 N–H and O–H groups in total. The molecule has 0 spiro atoms. The molecule has 0 fully saturated rings. The highest BCUT2D eigenvalue weighted by Gasteiger charge is 2.16. The molecule has 0 bridgehead atoms. The second-order valence-electron chi connectivity index (χ2n) is 2.98. The van der Waals surface area contributed by atoms with Gasteiger partial charge in [0.05, 0.1) is 5.69 Å². The largest absolute Gasteiger partial charge is 0.287 e. The number of benzene rings is 1. The molecule has 1 aliphatic rings. The van der Waals surface area contributed by atoms with Gasteiger partial charge in [-0.1, -0.05) is 28.0 Å². The molecular weight excluding hydrogens is 166 g/mol. The number of anilines is 1. The van der Waals surface area contributed by atoms with E-state index in [0.29, 0.717) is 0 Å². The average Bonchev–Trinajstić information content (AvgIpc) is 2.53. The molecule has 0 radical (unpaired) electrons. The normalized spacial score (nSPS) is 15.5. The molecule has 0 saturated carbocycles. The maximum Gasteiger partial charge on any atom is 0.287 e. The van der Waals surface area contributed by atoms with Crippen molar-refractivity contribution < 1.29 is 4.79 Å². The van der Waals surface area contributed by atoms with E-state index in [9.17, 15) is 4.79 Å². The molecule has 0 unspecified atom stereocenters. The van der Waals surface area contributed by atoms with Crippen LogP contribution in [0, 0.1) is 6.92 Å². The molecule has 1 amide bonds. The summed E-state index contributed by atoms with van der Waals surface area (Å²) in [5, 5.41) is 8.74. The fraction of sp³-hybridized carbons (Fsp3) is 0.222. The third kappa shape index (κ3) is 1.56. The Bertz CT molecular complexity index is 356. The van der Waals surface area contributed by atoms with Crippen molar-refractivity contribution in [1.29, 1.82) is 0 Å². The van der Waals surface area contributed by atoms with Crippen molar-refractivity contribution in [3.05, 3.63) is 29.8 Å². The Labute approximate surface area is 75.9 Å².